The molecule has 0 radical (unpaired) electrons. The second kappa shape index (κ2) is 12.1. The number of hydrogen-bond acceptors (Lipinski definition) is 7. The van der Waals surface area contributed by atoms with Crippen molar-refractivity contribution in [3.05, 3.63) is 89.7 Å². The molecule has 0 bridgehead atoms. The first-order chi connectivity index (χ1) is 18.0. The normalized spacial score (nSPS) is 10.6. The van der Waals surface area contributed by atoms with E-state index in [0.717, 1.165) is 11.3 Å². The van der Waals surface area contributed by atoms with Gasteiger partial charge in [-0.15, -0.1) is 10.2 Å². The highest BCUT2D eigenvalue weighted by molar-refractivity contribution is 7.99. The molecule has 10 heteroatoms. The van der Waals surface area contributed by atoms with Crippen molar-refractivity contribution >= 4 is 29.3 Å². The van der Waals surface area contributed by atoms with Crippen molar-refractivity contribution in [2.75, 3.05) is 25.3 Å². The van der Waals surface area contributed by atoms with Crippen LogP contribution in [-0.4, -0.2) is 46.6 Å². The third-order valence-electron chi connectivity index (χ3n) is 5.40. The van der Waals surface area contributed by atoms with Gasteiger partial charge >= 0.3 is 0 Å². The lowest BCUT2D eigenvalue weighted by atomic mass is 10.2. The number of anilines is 1. The first-order valence-corrected chi connectivity index (χ1v) is 12.5. The largest absolute Gasteiger partial charge is 0.497 e. The lowest BCUT2D eigenvalue weighted by Crippen LogP contribution is -2.24. The summed E-state index contributed by atoms with van der Waals surface area (Å²) < 4.78 is 12.8. The minimum Gasteiger partial charge on any atom is -0.497 e. The maximum atomic E-state index is 12.7. The van der Waals surface area contributed by atoms with Crippen molar-refractivity contribution < 1.29 is 19.1 Å². The minimum atomic E-state index is -0.237. The first kappa shape index (κ1) is 25.8. The Hall–Kier alpha value is -4.31. The highest BCUT2D eigenvalue weighted by Crippen LogP contribution is 2.32. The molecule has 2 N–H and O–H groups in total. The molecule has 0 aliphatic rings. The third-order valence-corrected chi connectivity index (χ3v) is 6.33. The molecule has 1 aromatic heterocycles. The van der Waals surface area contributed by atoms with Crippen LogP contribution in [0.2, 0.25) is 0 Å². The zero-order valence-electron chi connectivity index (χ0n) is 20.7. The van der Waals surface area contributed by atoms with E-state index in [1.54, 1.807) is 61.3 Å². The number of rotatable bonds is 10. The fourth-order valence-corrected chi connectivity index (χ4v) is 4.39. The monoisotopic (exact) mass is 517 g/mol. The second-order valence-corrected chi connectivity index (χ2v) is 8.97. The number of carbonyl (C=O) groups is 2. The SMILES string of the molecule is COc1ccc(OC)c(-n2c(CNC(=O)c3ccccc3)nnc2SCC(=O)Nc2cccc(C)c2)c1. The van der Waals surface area contributed by atoms with Crippen molar-refractivity contribution in [2.24, 2.45) is 0 Å². The summed E-state index contributed by atoms with van der Waals surface area (Å²) in [5.41, 5.74) is 2.94. The van der Waals surface area contributed by atoms with Crippen LogP contribution in [0.15, 0.2) is 78.0 Å². The van der Waals surface area contributed by atoms with Crippen LogP contribution in [-0.2, 0) is 11.3 Å². The van der Waals surface area contributed by atoms with E-state index >= 15 is 0 Å². The van der Waals surface area contributed by atoms with Crippen molar-refractivity contribution in [1.82, 2.24) is 20.1 Å². The van der Waals surface area contributed by atoms with E-state index in [0.29, 0.717) is 33.7 Å². The molecule has 3 aromatic carbocycles. The summed E-state index contributed by atoms with van der Waals surface area (Å²) in [6, 6.07) is 21.9. The molecule has 0 atom stereocenters. The lowest BCUT2D eigenvalue weighted by Gasteiger charge is -2.15. The maximum absolute atomic E-state index is 12.7. The molecule has 190 valence electrons. The summed E-state index contributed by atoms with van der Waals surface area (Å²) in [6.07, 6.45) is 0. The van der Waals surface area contributed by atoms with Crippen molar-refractivity contribution in [3.8, 4) is 17.2 Å². The Kier molecular flexibility index (Phi) is 8.42. The number of ether oxygens (including phenoxy) is 2. The Balaban J connectivity index is 1.59. The molecule has 0 aliphatic carbocycles. The summed E-state index contributed by atoms with van der Waals surface area (Å²) in [5, 5.41) is 14.9. The molecule has 1 heterocycles. The zero-order valence-corrected chi connectivity index (χ0v) is 21.5. The predicted molar refractivity (Wildman–Crippen MR) is 143 cm³/mol. The van der Waals surface area contributed by atoms with Gasteiger partial charge in [-0.3, -0.25) is 14.2 Å². The molecule has 0 spiro atoms. The molecule has 0 saturated carbocycles. The van der Waals surface area contributed by atoms with Crippen LogP contribution in [0, 0.1) is 6.92 Å². The van der Waals surface area contributed by atoms with E-state index in [4.69, 9.17) is 9.47 Å². The number of methoxy groups -OCH3 is 2. The zero-order chi connectivity index (χ0) is 26.2. The number of hydrogen-bond donors (Lipinski definition) is 2. The quantitative estimate of drug-likeness (QED) is 0.303. The molecule has 0 saturated heterocycles. The van der Waals surface area contributed by atoms with Crippen LogP contribution in [0.3, 0.4) is 0 Å². The van der Waals surface area contributed by atoms with Crippen molar-refractivity contribution in [2.45, 2.75) is 18.6 Å². The summed E-state index contributed by atoms with van der Waals surface area (Å²) in [6.45, 7) is 2.07. The average Bonchev–Trinajstić information content (AvgIpc) is 3.33. The van der Waals surface area contributed by atoms with Crippen molar-refractivity contribution in [3.63, 3.8) is 0 Å². The van der Waals surface area contributed by atoms with Gasteiger partial charge in [0.15, 0.2) is 11.0 Å². The topological polar surface area (TPSA) is 107 Å². The first-order valence-electron chi connectivity index (χ1n) is 11.5. The van der Waals surface area contributed by atoms with Gasteiger partial charge < -0.3 is 20.1 Å². The molecule has 4 rings (SSSR count). The van der Waals surface area contributed by atoms with Crippen LogP contribution in [0.1, 0.15) is 21.7 Å². The van der Waals surface area contributed by atoms with Gasteiger partial charge in [0, 0.05) is 17.3 Å². The van der Waals surface area contributed by atoms with E-state index in [-0.39, 0.29) is 24.1 Å². The van der Waals surface area contributed by atoms with E-state index in [1.165, 1.54) is 11.8 Å². The molecule has 37 heavy (non-hydrogen) atoms. The van der Waals surface area contributed by atoms with E-state index in [1.807, 2.05) is 37.3 Å². The van der Waals surface area contributed by atoms with E-state index in [2.05, 4.69) is 20.8 Å². The van der Waals surface area contributed by atoms with Gasteiger partial charge in [0.25, 0.3) is 5.91 Å². The Morgan fingerprint density at radius 2 is 1.76 bits per heavy atom. The summed E-state index contributed by atoms with van der Waals surface area (Å²) in [7, 11) is 3.14. The molecule has 0 fully saturated rings. The van der Waals surface area contributed by atoms with Gasteiger partial charge in [-0.25, -0.2) is 0 Å². The average molecular weight is 518 g/mol. The Bertz CT molecular complexity index is 1390. The van der Waals surface area contributed by atoms with Crippen LogP contribution in [0.4, 0.5) is 5.69 Å². The van der Waals surface area contributed by atoms with Crippen LogP contribution < -0.4 is 20.1 Å². The number of nitrogens with one attached hydrogen (secondary N) is 2. The molecule has 2 amide bonds. The number of amides is 2. The highest BCUT2D eigenvalue weighted by Gasteiger charge is 2.20. The minimum absolute atomic E-state index is 0.106. The van der Waals surface area contributed by atoms with Crippen LogP contribution >= 0.6 is 11.8 Å². The van der Waals surface area contributed by atoms with Gasteiger partial charge in [-0.05, 0) is 48.9 Å². The Morgan fingerprint density at radius 3 is 2.49 bits per heavy atom. The number of carbonyl (C=O) groups excluding carboxylic acids is 2. The summed E-state index contributed by atoms with van der Waals surface area (Å²) >= 11 is 1.23. The van der Waals surface area contributed by atoms with Gasteiger partial charge in [-0.1, -0.05) is 42.1 Å². The van der Waals surface area contributed by atoms with Gasteiger partial charge in [0.05, 0.1) is 32.2 Å². The molecular weight excluding hydrogens is 490 g/mol. The molecular formula is C27H27N5O4S. The van der Waals surface area contributed by atoms with Crippen molar-refractivity contribution in [1.29, 1.82) is 0 Å². The fourth-order valence-electron chi connectivity index (χ4n) is 3.62. The van der Waals surface area contributed by atoms with E-state index in [9.17, 15) is 9.59 Å². The number of thioether (sulfide) groups is 1. The van der Waals surface area contributed by atoms with Gasteiger partial charge in [0.2, 0.25) is 5.91 Å². The Labute approximate surface area is 219 Å². The molecule has 4 aromatic rings. The molecule has 0 unspecified atom stereocenters. The Morgan fingerprint density at radius 1 is 0.946 bits per heavy atom. The fraction of sp³-hybridized carbons (Fsp3) is 0.185. The van der Waals surface area contributed by atoms with Crippen LogP contribution in [0.5, 0.6) is 11.5 Å². The van der Waals surface area contributed by atoms with Gasteiger partial charge in [-0.2, -0.15) is 0 Å². The number of nitrogens with zero attached hydrogens (tertiary/aromatic N) is 3. The van der Waals surface area contributed by atoms with E-state index < -0.39 is 0 Å². The molecule has 9 nitrogen and oxygen atoms in total. The number of aryl methyl sites for hydroxylation is 1. The maximum Gasteiger partial charge on any atom is 0.251 e. The smallest absolute Gasteiger partial charge is 0.251 e. The summed E-state index contributed by atoms with van der Waals surface area (Å²) in [4.78, 5) is 25.3. The highest BCUT2D eigenvalue weighted by atomic mass is 32.2. The number of benzene rings is 3. The van der Waals surface area contributed by atoms with Crippen LogP contribution in [0.25, 0.3) is 5.69 Å². The van der Waals surface area contributed by atoms with Gasteiger partial charge in [0.1, 0.15) is 11.5 Å². The standard InChI is InChI=1S/C27H27N5O4S/c1-18-8-7-11-20(14-18)29-25(33)17-37-27-31-30-24(16-28-26(34)19-9-5-4-6-10-19)32(27)22-15-21(35-2)12-13-23(22)36-3/h4-15H,16-17H2,1-3H3,(H,28,34)(H,29,33). The molecule has 0 aliphatic heterocycles. The lowest BCUT2D eigenvalue weighted by molar-refractivity contribution is -0.113. The predicted octanol–water partition coefficient (Wildman–Crippen LogP) is 4.25. The third kappa shape index (κ3) is 6.47. The summed E-state index contributed by atoms with van der Waals surface area (Å²) in [5.74, 6) is 1.33. The number of aromatic nitrogens is 3. The second-order valence-electron chi connectivity index (χ2n) is 8.03.